The van der Waals surface area contributed by atoms with Crippen LogP contribution in [-0.2, 0) is 32.7 Å². The first-order valence-electron chi connectivity index (χ1n) is 28.4. The Balaban J connectivity index is 3.89. The number of rotatable bonds is 52. The van der Waals surface area contributed by atoms with E-state index < -0.39 is 32.5 Å². The molecule has 3 N–H and O–H groups in total. The second-order valence-electron chi connectivity index (χ2n) is 18.4. The smallest absolute Gasteiger partial charge is 0.462 e. The minimum atomic E-state index is -4.41. The largest absolute Gasteiger partial charge is 0.472 e. The average molecular weight is 1010 g/mol. The predicted molar refractivity (Wildman–Crippen MR) is 302 cm³/mol. The molecule has 0 aliphatic rings. The SMILES string of the molecule is CC/C=C\C/C=C\C/C=C\C/C=C\C/C=C\CC(=O)OC(COC(=O)CCCCCCCCCCCCCCCCCCCCCCCC/C=C\C/C=C\C/C=C\C/C=C\CC)COP(=O)(O)OCCN. The van der Waals surface area contributed by atoms with Crippen LogP contribution in [-0.4, -0.2) is 49.3 Å². The van der Waals surface area contributed by atoms with E-state index in [0.29, 0.717) is 6.42 Å². The van der Waals surface area contributed by atoms with Crippen molar-refractivity contribution in [2.45, 2.75) is 238 Å². The van der Waals surface area contributed by atoms with Crippen molar-refractivity contribution in [3.8, 4) is 0 Å². The number of carbonyl (C=O) groups excluding carboxylic acids is 2. The van der Waals surface area contributed by atoms with Crippen LogP contribution in [0.5, 0.6) is 0 Å². The van der Waals surface area contributed by atoms with Gasteiger partial charge in [-0.15, -0.1) is 0 Å². The Morgan fingerprint density at radius 3 is 1.15 bits per heavy atom. The summed E-state index contributed by atoms with van der Waals surface area (Å²) in [7, 11) is -4.41. The van der Waals surface area contributed by atoms with E-state index in [9.17, 15) is 19.0 Å². The second-order valence-corrected chi connectivity index (χ2v) is 19.9. The van der Waals surface area contributed by atoms with Crippen molar-refractivity contribution in [3.05, 3.63) is 109 Å². The van der Waals surface area contributed by atoms with Crippen LogP contribution in [0.2, 0.25) is 0 Å². The highest BCUT2D eigenvalue weighted by molar-refractivity contribution is 7.47. The lowest BCUT2D eigenvalue weighted by Gasteiger charge is -2.19. The molecule has 2 unspecified atom stereocenters. The summed E-state index contributed by atoms with van der Waals surface area (Å²) in [4.78, 5) is 35.0. The summed E-state index contributed by atoms with van der Waals surface area (Å²) >= 11 is 0. The van der Waals surface area contributed by atoms with Gasteiger partial charge in [-0.2, -0.15) is 0 Å². The highest BCUT2D eigenvalue weighted by atomic mass is 31.2. The second kappa shape index (κ2) is 56.0. The molecule has 0 aromatic rings. The Kier molecular flexibility index (Phi) is 53.3. The molecule has 0 spiro atoms. The molecule has 0 fully saturated rings. The van der Waals surface area contributed by atoms with Gasteiger partial charge in [-0.05, 0) is 77.0 Å². The number of esters is 2. The predicted octanol–water partition coefficient (Wildman–Crippen LogP) is 17.8. The molecular weight excluding hydrogens is 906 g/mol. The van der Waals surface area contributed by atoms with Gasteiger partial charge in [-0.25, -0.2) is 4.57 Å². The highest BCUT2D eigenvalue weighted by Gasteiger charge is 2.25. The molecule has 0 aromatic heterocycles. The van der Waals surface area contributed by atoms with Crippen LogP contribution in [0, 0.1) is 0 Å². The number of unbranched alkanes of at least 4 members (excludes halogenated alkanes) is 22. The molecule has 10 heteroatoms. The van der Waals surface area contributed by atoms with Gasteiger partial charge < -0.3 is 20.1 Å². The topological polar surface area (TPSA) is 134 Å². The van der Waals surface area contributed by atoms with Gasteiger partial charge in [0.1, 0.15) is 6.61 Å². The Hall–Kier alpha value is -3.33. The van der Waals surface area contributed by atoms with E-state index >= 15 is 0 Å². The van der Waals surface area contributed by atoms with Gasteiger partial charge in [0, 0.05) is 13.0 Å². The van der Waals surface area contributed by atoms with E-state index in [1.807, 2.05) is 12.2 Å². The fourth-order valence-electron chi connectivity index (χ4n) is 7.59. The zero-order valence-electron chi connectivity index (χ0n) is 45.2. The third-order valence-corrected chi connectivity index (χ3v) is 12.7. The van der Waals surface area contributed by atoms with E-state index in [-0.39, 0.29) is 32.6 Å². The Morgan fingerprint density at radius 2 is 0.775 bits per heavy atom. The van der Waals surface area contributed by atoms with Crippen LogP contribution < -0.4 is 5.73 Å². The van der Waals surface area contributed by atoms with Crippen LogP contribution in [0.25, 0.3) is 0 Å². The summed E-state index contributed by atoms with van der Waals surface area (Å²) in [6.07, 6.45) is 76.3. The minimum Gasteiger partial charge on any atom is -0.462 e. The van der Waals surface area contributed by atoms with Crippen LogP contribution in [0.4, 0.5) is 0 Å². The summed E-state index contributed by atoms with van der Waals surface area (Å²) in [6, 6.07) is 0. The molecule has 0 rings (SSSR count). The fraction of sp³-hybridized carbons (Fsp3) is 0.672. The number of phosphoric acid groups is 1. The normalized spacial score (nSPS) is 13.9. The first-order valence-corrected chi connectivity index (χ1v) is 29.9. The summed E-state index contributed by atoms with van der Waals surface area (Å²) in [5, 5.41) is 0. The number of ether oxygens (including phenoxy) is 2. The van der Waals surface area contributed by atoms with Crippen LogP contribution >= 0.6 is 7.82 Å². The molecule has 9 nitrogen and oxygen atoms in total. The number of hydrogen-bond acceptors (Lipinski definition) is 8. The first kappa shape index (κ1) is 67.7. The van der Waals surface area contributed by atoms with Crippen LogP contribution in [0.15, 0.2) is 109 Å². The van der Waals surface area contributed by atoms with Crippen molar-refractivity contribution in [2.75, 3.05) is 26.4 Å². The lowest BCUT2D eigenvalue weighted by molar-refractivity contribution is -0.160. The quantitative estimate of drug-likeness (QED) is 0.0264. The molecule has 0 bridgehead atoms. The number of carbonyl (C=O) groups is 2. The fourth-order valence-corrected chi connectivity index (χ4v) is 8.35. The monoisotopic (exact) mass is 1010 g/mol. The Bertz CT molecular complexity index is 1530. The molecule has 0 radical (unpaired) electrons. The molecule has 0 aliphatic carbocycles. The van der Waals surface area contributed by atoms with E-state index in [1.165, 1.54) is 128 Å². The Morgan fingerprint density at radius 1 is 0.437 bits per heavy atom. The summed E-state index contributed by atoms with van der Waals surface area (Å²) in [5.41, 5.74) is 5.36. The summed E-state index contributed by atoms with van der Waals surface area (Å²) < 4.78 is 32.8. The van der Waals surface area contributed by atoms with E-state index in [4.69, 9.17) is 24.3 Å². The van der Waals surface area contributed by atoms with Gasteiger partial charge in [-0.3, -0.25) is 18.6 Å². The van der Waals surface area contributed by atoms with Crippen molar-refractivity contribution in [1.82, 2.24) is 0 Å². The maximum absolute atomic E-state index is 12.6. The van der Waals surface area contributed by atoms with Crippen molar-refractivity contribution in [2.24, 2.45) is 5.73 Å². The summed E-state index contributed by atoms with van der Waals surface area (Å²) in [5.74, 6) is -0.975. The number of nitrogens with two attached hydrogens (primary N) is 1. The lowest BCUT2D eigenvalue weighted by Crippen LogP contribution is -2.29. The maximum Gasteiger partial charge on any atom is 0.472 e. The van der Waals surface area contributed by atoms with Gasteiger partial charge in [0.2, 0.25) is 0 Å². The molecule has 0 saturated heterocycles. The number of hydrogen-bond donors (Lipinski definition) is 2. The van der Waals surface area contributed by atoms with Gasteiger partial charge in [0.15, 0.2) is 6.10 Å². The molecular formula is C61H104NO8P. The van der Waals surface area contributed by atoms with Crippen molar-refractivity contribution < 1.29 is 37.6 Å². The Labute approximate surface area is 435 Å². The van der Waals surface area contributed by atoms with Gasteiger partial charge >= 0.3 is 19.8 Å². The molecule has 2 atom stereocenters. The van der Waals surface area contributed by atoms with Crippen molar-refractivity contribution in [1.29, 1.82) is 0 Å². The minimum absolute atomic E-state index is 0.00482. The molecule has 0 amide bonds. The molecule has 0 saturated carbocycles. The lowest BCUT2D eigenvalue weighted by atomic mass is 10.0. The van der Waals surface area contributed by atoms with Gasteiger partial charge in [-0.1, -0.05) is 252 Å². The van der Waals surface area contributed by atoms with Gasteiger partial charge in [0.05, 0.1) is 19.6 Å². The van der Waals surface area contributed by atoms with Crippen LogP contribution in [0.1, 0.15) is 232 Å². The molecule has 406 valence electrons. The number of allylic oxidation sites excluding steroid dienone is 17. The van der Waals surface area contributed by atoms with Crippen LogP contribution in [0.3, 0.4) is 0 Å². The molecule has 71 heavy (non-hydrogen) atoms. The van der Waals surface area contributed by atoms with Gasteiger partial charge in [0.25, 0.3) is 0 Å². The maximum atomic E-state index is 12.6. The third kappa shape index (κ3) is 55.8. The van der Waals surface area contributed by atoms with E-state index in [2.05, 4.69) is 105 Å². The molecule has 0 aliphatic heterocycles. The zero-order valence-corrected chi connectivity index (χ0v) is 46.1. The van der Waals surface area contributed by atoms with Crippen molar-refractivity contribution in [3.63, 3.8) is 0 Å². The zero-order chi connectivity index (χ0) is 51.7. The molecule has 0 aromatic carbocycles. The van der Waals surface area contributed by atoms with E-state index in [1.54, 1.807) is 6.08 Å². The highest BCUT2D eigenvalue weighted by Crippen LogP contribution is 2.43. The third-order valence-electron chi connectivity index (χ3n) is 11.7. The number of phosphoric ester groups is 1. The van der Waals surface area contributed by atoms with E-state index in [0.717, 1.165) is 70.6 Å². The van der Waals surface area contributed by atoms with Crippen molar-refractivity contribution >= 4 is 19.8 Å². The standard InChI is InChI=1S/C61H104NO8P/c1-3-5-7-9-11-13-15-17-19-20-21-22-23-24-25-26-27-28-29-30-31-32-33-34-35-36-37-38-40-41-43-45-47-49-51-53-60(63)67-57-59(58-69-71(65,66)68-56-55-62)70-61(64)54-52-50-48-46-44-42-39-18-16-14-12-10-8-6-4-2/h5-8,11-14,17-19,21-22,39,44,46,50,52,59H,3-4,9-10,15-16,20,23-38,40-43,45,47-49,51,53-58,62H2,1-2H3,(H,65,66)/b7-5-,8-6-,13-11-,14-12-,19-17-,22-21-,39-18-,46-44-,52-50-. The average Bonchev–Trinajstić information content (AvgIpc) is 3.36. The molecule has 0 heterocycles. The summed E-state index contributed by atoms with van der Waals surface area (Å²) in [6.45, 7) is 3.40. The first-order chi connectivity index (χ1) is 34.8.